The molecule has 2 rings (SSSR count). The number of non-ortho nitro benzene ring substituents is 1. The molecule has 102 valence electrons. The lowest BCUT2D eigenvalue weighted by molar-refractivity contribution is -0.384. The summed E-state index contributed by atoms with van der Waals surface area (Å²) in [7, 11) is 1.64. The van der Waals surface area contributed by atoms with Gasteiger partial charge in [0.2, 0.25) is 5.91 Å². The number of carbonyl (C=O) groups is 1. The van der Waals surface area contributed by atoms with Gasteiger partial charge in [-0.15, -0.1) is 0 Å². The number of hydrogen-bond acceptors (Lipinski definition) is 5. The molecule has 1 aromatic rings. The Morgan fingerprint density at radius 1 is 1.47 bits per heavy atom. The van der Waals surface area contributed by atoms with Crippen LogP contribution in [0.4, 0.5) is 11.4 Å². The van der Waals surface area contributed by atoms with Crippen molar-refractivity contribution in [1.82, 2.24) is 5.32 Å². The number of nitrogens with one attached hydrogen (secondary N) is 1. The van der Waals surface area contributed by atoms with Crippen molar-refractivity contribution < 1.29 is 14.5 Å². The van der Waals surface area contributed by atoms with Gasteiger partial charge in [0.25, 0.3) is 5.69 Å². The number of nitro groups is 1. The minimum absolute atomic E-state index is 0.00345. The first-order valence-electron chi connectivity index (χ1n) is 5.93. The number of likely N-dealkylation sites (N-methyl/N-ethyl adjacent to an activating group) is 1. The van der Waals surface area contributed by atoms with Crippen LogP contribution in [0.5, 0.6) is 0 Å². The smallest absolute Gasteiger partial charge is 0.269 e. The summed E-state index contributed by atoms with van der Waals surface area (Å²) in [6.45, 7) is 1.59. The normalized spacial score (nSPS) is 18.9. The van der Waals surface area contributed by atoms with Crippen LogP contribution in [0.3, 0.4) is 0 Å². The van der Waals surface area contributed by atoms with Crippen molar-refractivity contribution >= 4 is 17.3 Å². The summed E-state index contributed by atoms with van der Waals surface area (Å²) in [5.41, 5.74) is 0.617. The lowest BCUT2D eigenvalue weighted by Gasteiger charge is -2.27. The summed E-state index contributed by atoms with van der Waals surface area (Å²) < 4.78 is 5.24. The molecule has 1 N–H and O–H groups in total. The standard InChI is InChI=1S/C12H15N3O4/c1-14(12(16)11-8-19-7-6-13-11)9-2-4-10(5-3-9)15(17)18/h2-5,11,13H,6-8H2,1H3. The Hall–Kier alpha value is -1.99. The van der Waals surface area contributed by atoms with Gasteiger partial charge in [-0.25, -0.2) is 0 Å². The Labute approximate surface area is 110 Å². The maximum absolute atomic E-state index is 12.2. The van der Waals surface area contributed by atoms with Crippen LogP contribution in [0.25, 0.3) is 0 Å². The van der Waals surface area contributed by atoms with Crippen molar-refractivity contribution in [1.29, 1.82) is 0 Å². The van der Waals surface area contributed by atoms with Crippen LogP contribution < -0.4 is 10.2 Å². The van der Waals surface area contributed by atoms with E-state index in [-0.39, 0.29) is 17.6 Å². The molecular weight excluding hydrogens is 250 g/mol. The number of amides is 1. The van der Waals surface area contributed by atoms with Crippen molar-refractivity contribution in [2.45, 2.75) is 6.04 Å². The van der Waals surface area contributed by atoms with E-state index >= 15 is 0 Å². The zero-order valence-corrected chi connectivity index (χ0v) is 10.5. The largest absolute Gasteiger partial charge is 0.378 e. The van der Waals surface area contributed by atoms with Gasteiger partial charge in [0.05, 0.1) is 18.1 Å². The molecule has 1 unspecified atom stereocenters. The van der Waals surface area contributed by atoms with Crippen molar-refractivity contribution in [3.05, 3.63) is 34.4 Å². The third-order valence-electron chi connectivity index (χ3n) is 3.00. The van der Waals surface area contributed by atoms with Crippen LogP contribution in [-0.2, 0) is 9.53 Å². The van der Waals surface area contributed by atoms with Crippen LogP contribution in [0, 0.1) is 10.1 Å². The SMILES string of the molecule is CN(C(=O)C1COCCN1)c1ccc([N+](=O)[O-])cc1. The summed E-state index contributed by atoms with van der Waals surface area (Å²) in [4.78, 5) is 23.7. The maximum atomic E-state index is 12.2. The van der Waals surface area contributed by atoms with Gasteiger partial charge in [0.1, 0.15) is 6.04 Å². The van der Waals surface area contributed by atoms with Gasteiger partial charge < -0.3 is 15.0 Å². The monoisotopic (exact) mass is 265 g/mol. The van der Waals surface area contributed by atoms with Gasteiger partial charge in [-0.1, -0.05) is 0 Å². The number of nitrogens with zero attached hydrogens (tertiary/aromatic N) is 2. The van der Waals surface area contributed by atoms with Gasteiger partial charge in [0.15, 0.2) is 0 Å². The third kappa shape index (κ3) is 3.07. The first kappa shape index (κ1) is 13.4. The molecule has 7 nitrogen and oxygen atoms in total. The van der Waals surface area contributed by atoms with Crippen LogP contribution in [0.1, 0.15) is 0 Å². The third-order valence-corrected chi connectivity index (χ3v) is 3.00. The van der Waals surface area contributed by atoms with Crippen molar-refractivity contribution in [2.75, 3.05) is 31.7 Å². The number of benzene rings is 1. The Morgan fingerprint density at radius 3 is 2.68 bits per heavy atom. The number of rotatable bonds is 3. The average Bonchev–Trinajstić information content (AvgIpc) is 2.46. The van der Waals surface area contributed by atoms with Gasteiger partial charge in [-0.2, -0.15) is 0 Å². The summed E-state index contributed by atoms with van der Waals surface area (Å²) >= 11 is 0. The number of ether oxygens (including phenoxy) is 1. The number of anilines is 1. The van der Waals surface area contributed by atoms with Gasteiger partial charge >= 0.3 is 0 Å². The quantitative estimate of drug-likeness (QED) is 0.637. The predicted molar refractivity (Wildman–Crippen MR) is 69.1 cm³/mol. The van der Waals surface area contributed by atoms with Crippen LogP contribution >= 0.6 is 0 Å². The minimum Gasteiger partial charge on any atom is -0.378 e. The molecule has 0 radical (unpaired) electrons. The van der Waals surface area contributed by atoms with Gasteiger partial charge in [-0.3, -0.25) is 14.9 Å². The predicted octanol–water partition coefficient (Wildman–Crippen LogP) is 0.546. The summed E-state index contributed by atoms with van der Waals surface area (Å²) in [5, 5.41) is 13.6. The molecule has 1 heterocycles. The maximum Gasteiger partial charge on any atom is 0.269 e. The zero-order valence-electron chi connectivity index (χ0n) is 10.5. The van der Waals surface area contributed by atoms with E-state index < -0.39 is 4.92 Å². The van der Waals surface area contributed by atoms with Crippen molar-refractivity contribution in [3.63, 3.8) is 0 Å². The zero-order chi connectivity index (χ0) is 13.8. The minimum atomic E-state index is -0.470. The van der Waals surface area contributed by atoms with E-state index in [1.54, 1.807) is 19.2 Å². The molecule has 0 bridgehead atoms. The van der Waals surface area contributed by atoms with E-state index in [0.717, 1.165) is 0 Å². The van der Waals surface area contributed by atoms with Gasteiger partial charge in [0, 0.05) is 31.4 Å². The highest BCUT2D eigenvalue weighted by Crippen LogP contribution is 2.19. The highest BCUT2D eigenvalue weighted by molar-refractivity contribution is 5.96. The molecule has 19 heavy (non-hydrogen) atoms. The molecule has 1 amide bonds. The number of hydrogen-bond donors (Lipinski definition) is 1. The number of morpholine rings is 1. The Balaban J connectivity index is 2.07. The van der Waals surface area contributed by atoms with Crippen LogP contribution in [0.2, 0.25) is 0 Å². The van der Waals surface area contributed by atoms with E-state index in [1.165, 1.54) is 17.0 Å². The van der Waals surface area contributed by atoms with Crippen LogP contribution in [0.15, 0.2) is 24.3 Å². The number of nitro benzene ring substituents is 1. The molecule has 0 aromatic heterocycles. The number of carbonyl (C=O) groups excluding carboxylic acids is 1. The lowest BCUT2D eigenvalue weighted by Crippen LogP contribution is -2.51. The second-order valence-corrected chi connectivity index (χ2v) is 4.25. The highest BCUT2D eigenvalue weighted by Gasteiger charge is 2.25. The fourth-order valence-corrected chi connectivity index (χ4v) is 1.88. The molecule has 1 atom stereocenters. The molecular formula is C12H15N3O4. The molecule has 1 aliphatic heterocycles. The summed E-state index contributed by atoms with van der Waals surface area (Å²) in [5.74, 6) is -0.117. The fraction of sp³-hybridized carbons (Fsp3) is 0.417. The molecule has 0 spiro atoms. The molecule has 1 saturated heterocycles. The highest BCUT2D eigenvalue weighted by atomic mass is 16.6. The van der Waals surface area contributed by atoms with E-state index in [4.69, 9.17) is 4.74 Å². The lowest BCUT2D eigenvalue weighted by atomic mass is 10.2. The topological polar surface area (TPSA) is 84.7 Å². The molecule has 7 heteroatoms. The Bertz CT molecular complexity index is 468. The molecule has 0 aliphatic carbocycles. The van der Waals surface area contributed by atoms with Crippen molar-refractivity contribution in [3.8, 4) is 0 Å². The van der Waals surface area contributed by atoms with E-state index in [1.807, 2.05) is 0 Å². The van der Waals surface area contributed by atoms with Crippen molar-refractivity contribution in [2.24, 2.45) is 0 Å². The molecule has 1 aliphatic rings. The van der Waals surface area contributed by atoms with Crippen LogP contribution in [-0.4, -0.2) is 43.7 Å². The van der Waals surface area contributed by atoms with E-state index in [0.29, 0.717) is 25.4 Å². The van der Waals surface area contributed by atoms with E-state index in [2.05, 4.69) is 5.32 Å². The Morgan fingerprint density at radius 2 is 2.16 bits per heavy atom. The second-order valence-electron chi connectivity index (χ2n) is 4.25. The van der Waals surface area contributed by atoms with E-state index in [9.17, 15) is 14.9 Å². The average molecular weight is 265 g/mol. The fourth-order valence-electron chi connectivity index (χ4n) is 1.88. The second kappa shape index (κ2) is 5.77. The molecule has 1 aromatic carbocycles. The Kier molecular flexibility index (Phi) is 4.08. The summed E-state index contributed by atoms with van der Waals surface area (Å²) in [6.07, 6.45) is 0. The summed E-state index contributed by atoms with van der Waals surface area (Å²) in [6, 6.07) is 5.50. The molecule has 1 fully saturated rings. The first-order valence-corrected chi connectivity index (χ1v) is 5.93. The first-order chi connectivity index (χ1) is 9.09. The molecule has 0 saturated carbocycles. The van der Waals surface area contributed by atoms with Gasteiger partial charge in [-0.05, 0) is 12.1 Å².